The highest BCUT2D eigenvalue weighted by atomic mass is 79.9. The monoisotopic (exact) mass is 339 g/mol. The Labute approximate surface area is 131 Å². The van der Waals surface area contributed by atoms with Gasteiger partial charge in [-0.05, 0) is 55.4 Å². The molecule has 0 radical (unpaired) electrons. The summed E-state index contributed by atoms with van der Waals surface area (Å²) >= 11 is 3.46. The minimum Gasteiger partial charge on any atom is -0.394 e. The number of halogens is 1. The summed E-state index contributed by atoms with van der Waals surface area (Å²) in [5.74, 6) is 1.55. The summed E-state index contributed by atoms with van der Waals surface area (Å²) in [6.07, 6.45) is 5.82. The Morgan fingerprint density at radius 1 is 1.25 bits per heavy atom. The average Bonchev–Trinajstić information content (AvgIpc) is 2.65. The van der Waals surface area contributed by atoms with Crippen molar-refractivity contribution < 1.29 is 5.11 Å². The minimum atomic E-state index is -0.141. The zero-order valence-corrected chi connectivity index (χ0v) is 14.1. The van der Waals surface area contributed by atoms with Gasteiger partial charge in [0.15, 0.2) is 0 Å². The number of benzene rings is 1. The molecule has 2 unspecified atom stereocenters. The zero-order chi connectivity index (χ0) is 14.6. The normalized spacial score (nSPS) is 27.4. The van der Waals surface area contributed by atoms with Crippen LogP contribution in [0.15, 0.2) is 28.7 Å². The lowest BCUT2D eigenvalue weighted by Crippen LogP contribution is -2.41. The van der Waals surface area contributed by atoms with E-state index in [9.17, 15) is 5.11 Å². The van der Waals surface area contributed by atoms with Crippen molar-refractivity contribution in [3.05, 3.63) is 28.7 Å². The van der Waals surface area contributed by atoms with E-state index in [4.69, 9.17) is 0 Å². The van der Waals surface area contributed by atoms with E-state index in [0.717, 1.165) is 34.8 Å². The molecule has 2 N–H and O–H groups in total. The maximum Gasteiger partial charge on any atom is 0.0661 e. The van der Waals surface area contributed by atoms with E-state index in [-0.39, 0.29) is 12.1 Å². The summed E-state index contributed by atoms with van der Waals surface area (Å²) < 4.78 is 1.09. The van der Waals surface area contributed by atoms with Gasteiger partial charge in [0.25, 0.3) is 0 Å². The first-order valence-electron chi connectivity index (χ1n) is 7.69. The van der Waals surface area contributed by atoms with Crippen molar-refractivity contribution in [2.75, 3.05) is 11.9 Å². The molecule has 0 bridgehead atoms. The van der Waals surface area contributed by atoms with Gasteiger partial charge < -0.3 is 10.4 Å². The van der Waals surface area contributed by atoms with E-state index in [0.29, 0.717) is 0 Å². The Bertz CT molecular complexity index is 418. The number of hydrogen-bond acceptors (Lipinski definition) is 2. The van der Waals surface area contributed by atoms with E-state index in [1.165, 1.54) is 19.3 Å². The second kappa shape index (κ2) is 6.95. The van der Waals surface area contributed by atoms with Gasteiger partial charge in [-0.25, -0.2) is 0 Å². The number of aliphatic hydroxyl groups is 1. The van der Waals surface area contributed by atoms with Crippen LogP contribution in [0, 0.1) is 11.8 Å². The third kappa shape index (κ3) is 3.98. The standard InChI is InChI=1S/C17H26BrNO/c1-13(2)14-4-3-10-17(12-20,11-9-14)19-16-7-5-15(18)6-8-16/h5-8,13-14,19-20H,3-4,9-12H2,1-2H3. The molecule has 2 atom stereocenters. The Kier molecular flexibility index (Phi) is 5.50. The van der Waals surface area contributed by atoms with Gasteiger partial charge in [-0.15, -0.1) is 0 Å². The van der Waals surface area contributed by atoms with Crippen molar-refractivity contribution in [3.63, 3.8) is 0 Å². The Balaban J connectivity index is 2.07. The predicted molar refractivity (Wildman–Crippen MR) is 89.0 cm³/mol. The van der Waals surface area contributed by atoms with Crippen molar-refractivity contribution in [1.29, 1.82) is 0 Å². The first-order chi connectivity index (χ1) is 9.54. The summed E-state index contributed by atoms with van der Waals surface area (Å²) in [5, 5.41) is 13.5. The molecule has 1 fully saturated rings. The van der Waals surface area contributed by atoms with Crippen molar-refractivity contribution in [3.8, 4) is 0 Å². The SMILES string of the molecule is CC(C)C1CCCC(CO)(Nc2ccc(Br)cc2)CC1. The van der Waals surface area contributed by atoms with Gasteiger partial charge in [-0.2, -0.15) is 0 Å². The van der Waals surface area contributed by atoms with E-state index < -0.39 is 0 Å². The molecule has 0 spiro atoms. The molecule has 2 nitrogen and oxygen atoms in total. The summed E-state index contributed by atoms with van der Waals surface area (Å²) in [5.41, 5.74) is 0.961. The molecule has 0 heterocycles. The summed E-state index contributed by atoms with van der Waals surface area (Å²) in [6, 6.07) is 8.24. The first kappa shape index (κ1) is 15.8. The summed E-state index contributed by atoms with van der Waals surface area (Å²) in [4.78, 5) is 0. The molecule has 1 aliphatic rings. The Morgan fingerprint density at radius 2 is 1.95 bits per heavy atom. The molecule has 1 aliphatic carbocycles. The topological polar surface area (TPSA) is 32.3 Å². The highest BCUT2D eigenvalue weighted by molar-refractivity contribution is 9.10. The van der Waals surface area contributed by atoms with Crippen LogP contribution in [0.4, 0.5) is 5.69 Å². The van der Waals surface area contributed by atoms with Crippen LogP contribution in [-0.4, -0.2) is 17.3 Å². The van der Waals surface area contributed by atoms with Crippen molar-refractivity contribution >= 4 is 21.6 Å². The molecular weight excluding hydrogens is 314 g/mol. The fourth-order valence-corrected chi connectivity index (χ4v) is 3.53. The number of hydrogen-bond donors (Lipinski definition) is 2. The Hall–Kier alpha value is -0.540. The van der Waals surface area contributed by atoms with Crippen LogP contribution >= 0.6 is 15.9 Å². The molecule has 112 valence electrons. The van der Waals surface area contributed by atoms with Crippen LogP contribution in [-0.2, 0) is 0 Å². The van der Waals surface area contributed by atoms with Crippen molar-refractivity contribution in [2.45, 2.75) is 51.5 Å². The van der Waals surface area contributed by atoms with Gasteiger partial charge >= 0.3 is 0 Å². The molecule has 1 aromatic rings. The number of rotatable bonds is 4. The summed E-state index contributed by atoms with van der Waals surface area (Å²) in [6.45, 7) is 4.85. The van der Waals surface area contributed by atoms with E-state index >= 15 is 0 Å². The lowest BCUT2D eigenvalue weighted by atomic mass is 9.86. The first-order valence-corrected chi connectivity index (χ1v) is 8.48. The second-order valence-electron chi connectivity index (χ2n) is 6.51. The van der Waals surface area contributed by atoms with E-state index in [2.05, 4.69) is 47.2 Å². The molecule has 0 saturated heterocycles. The van der Waals surface area contributed by atoms with E-state index in [1.54, 1.807) is 0 Å². The molecule has 0 aromatic heterocycles. The van der Waals surface area contributed by atoms with Gasteiger partial charge in [0.2, 0.25) is 0 Å². The van der Waals surface area contributed by atoms with Crippen molar-refractivity contribution in [1.82, 2.24) is 0 Å². The largest absolute Gasteiger partial charge is 0.394 e. The highest BCUT2D eigenvalue weighted by Crippen LogP contribution is 2.36. The second-order valence-corrected chi connectivity index (χ2v) is 7.42. The maximum atomic E-state index is 9.94. The quantitative estimate of drug-likeness (QED) is 0.770. The van der Waals surface area contributed by atoms with Crippen LogP contribution in [0.25, 0.3) is 0 Å². The lowest BCUT2D eigenvalue weighted by Gasteiger charge is -2.33. The molecule has 2 rings (SSSR count). The van der Waals surface area contributed by atoms with Gasteiger partial charge in [0, 0.05) is 10.2 Å². The van der Waals surface area contributed by atoms with Crippen molar-refractivity contribution in [2.24, 2.45) is 11.8 Å². The number of aliphatic hydroxyl groups excluding tert-OH is 1. The van der Waals surface area contributed by atoms with Crippen LogP contribution in [0.1, 0.15) is 46.0 Å². The fourth-order valence-electron chi connectivity index (χ4n) is 3.26. The van der Waals surface area contributed by atoms with Gasteiger partial charge in [-0.3, -0.25) is 0 Å². The highest BCUT2D eigenvalue weighted by Gasteiger charge is 2.33. The maximum absolute atomic E-state index is 9.94. The van der Waals surface area contributed by atoms with Crippen LogP contribution in [0.2, 0.25) is 0 Å². The zero-order valence-electron chi connectivity index (χ0n) is 12.5. The predicted octanol–water partition coefficient (Wildman–Crippen LogP) is 4.83. The third-order valence-electron chi connectivity index (χ3n) is 4.72. The van der Waals surface area contributed by atoms with Crippen LogP contribution in [0.3, 0.4) is 0 Å². The average molecular weight is 340 g/mol. The molecular formula is C17H26BrNO. The molecule has 1 saturated carbocycles. The molecule has 0 aliphatic heterocycles. The smallest absolute Gasteiger partial charge is 0.0661 e. The van der Waals surface area contributed by atoms with E-state index in [1.807, 2.05) is 12.1 Å². The van der Waals surface area contributed by atoms with Gasteiger partial charge in [-0.1, -0.05) is 42.6 Å². The molecule has 3 heteroatoms. The fraction of sp³-hybridized carbons (Fsp3) is 0.647. The number of anilines is 1. The van der Waals surface area contributed by atoms with Gasteiger partial charge in [0.1, 0.15) is 0 Å². The molecule has 20 heavy (non-hydrogen) atoms. The molecule has 1 aromatic carbocycles. The third-order valence-corrected chi connectivity index (χ3v) is 5.25. The number of nitrogens with one attached hydrogen (secondary N) is 1. The van der Waals surface area contributed by atoms with Crippen LogP contribution < -0.4 is 5.32 Å². The van der Waals surface area contributed by atoms with Crippen LogP contribution in [0.5, 0.6) is 0 Å². The Morgan fingerprint density at radius 3 is 2.55 bits per heavy atom. The van der Waals surface area contributed by atoms with Gasteiger partial charge in [0.05, 0.1) is 12.1 Å². The minimum absolute atomic E-state index is 0.141. The molecule has 0 amide bonds. The lowest BCUT2D eigenvalue weighted by molar-refractivity contribution is 0.193. The summed E-state index contributed by atoms with van der Waals surface area (Å²) in [7, 11) is 0.